The van der Waals surface area contributed by atoms with Crippen molar-refractivity contribution in [1.82, 2.24) is 10.6 Å². The van der Waals surface area contributed by atoms with Crippen LogP contribution in [0.25, 0.3) is 0 Å². The van der Waals surface area contributed by atoms with E-state index in [-0.39, 0.29) is 6.04 Å². The standard InChI is InChI=1S/C15H24F2N2O3/c1-5-11(12-7-6-8-21-12)18-9-15(16,17)10-19-13(20)22-14(2,3)4/h6-8,11,18H,5,9-10H2,1-4H3,(H,19,20). The van der Waals surface area contributed by atoms with Crippen LogP contribution >= 0.6 is 0 Å². The maximum atomic E-state index is 13.8. The Morgan fingerprint density at radius 2 is 2.05 bits per heavy atom. The fourth-order valence-corrected chi connectivity index (χ4v) is 1.79. The zero-order chi connectivity index (χ0) is 16.8. The van der Waals surface area contributed by atoms with Gasteiger partial charge < -0.3 is 19.8 Å². The van der Waals surface area contributed by atoms with E-state index in [0.29, 0.717) is 12.2 Å². The van der Waals surface area contributed by atoms with Crippen LogP contribution in [0.2, 0.25) is 0 Å². The number of alkyl carbamates (subject to hydrolysis) is 1. The number of hydrogen-bond acceptors (Lipinski definition) is 4. The van der Waals surface area contributed by atoms with Crippen LogP contribution in [-0.2, 0) is 4.74 Å². The molecule has 0 aliphatic carbocycles. The molecule has 0 spiro atoms. The maximum Gasteiger partial charge on any atom is 0.407 e. The molecule has 5 nitrogen and oxygen atoms in total. The topological polar surface area (TPSA) is 63.5 Å². The van der Waals surface area contributed by atoms with Gasteiger partial charge in [0, 0.05) is 0 Å². The van der Waals surface area contributed by atoms with Crippen LogP contribution in [-0.4, -0.2) is 30.7 Å². The number of halogens is 2. The average Bonchev–Trinajstić information content (AvgIpc) is 2.89. The SMILES string of the molecule is CCC(NCC(F)(F)CNC(=O)OC(C)(C)C)c1ccco1. The minimum absolute atomic E-state index is 0.289. The first-order chi connectivity index (χ1) is 10.1. The summed E-state index contributed by atoms with van der Waals surface area (Å²) in [4.78, 5) is 11.4. The van der Waals surface area contributed by atoms with Gasteiger partial charge in [0.25, 0.3) is 5.92 Å². The lowest BCUT2D eigenvalue weighted by Gasteiger charge is -2.23. The molecule has 2 N–H and O–H groups in total. The largest absolute Gasteiger partial charge is 0.468 e. The highest BCUT2D eigenvalue weighted by Crippen LogP contribution is 2.19. The van der Waals surface area contributed by atoms with Gasteiger partial charge in [0.1, 0.15) is 11.4 Å². The van der Waals surface area contributed by atoms with Crippen molar-refractivity contribution < 1.29 is 22.7 Å². The molecular formula is C15H24F2N2O3. The molecule has 0 fully saturated rings. The third-order valence-corrected chi connectivity index (χ3v) is 2.79. The van der Waals surface area contributed by atoms with E-state index in [2.05, 4.69) is 10.6 Å². The van der Waals surface area contributed by atoms with Crippen molar-refractivity contribution in [3.8, 4) is 0 Å². The number of furan rings is 1. The highest BCUT2D eigenvalue weighted by molar-refractivity contribution is 5.67. The zero-order valence-electron chi connectivity index (χ0n) is 13.4. The summed E-state index contributed by atoms with van der Waals surface area (Å²) < 4.78 is 37.7. The Morgan fingerprint density at radius 1 is 1.36 bits per heavy atom. The van der Waals surface area contributed by atoms with Gasteiger partial charge in [-0.05, 0) is 39.3 Å². The number of ether oxygens (including phenoxy) is 1. The summed E-state index contributed by atoms with van der Waals surface area (Å²) in [6, 6.07) is 3.16. The van der Waals surface area contributed by atoms with Crippen molar-refractivity contribution in [2.24, 2.45) is 0 Å². The average molecular weight is 318 g/mol. The monoisotopic (exact) mass is 318 g/mol. The highest BCUT2D eigenvalue weighted by Gasteiger charge is 2.31. The number of carbonyl (C=O) groups is 1. The lowest BCUT2D eigenvalue weighted by molar-refractivity contribution is -0.00617. The number of rotatable bonds is 7. The van der Waals surface area contributed by atoms with E-state index < -0.39 is 30.7 Å². The number of hydrogen-bond donors (Lipinski definition) is 2. The molecule has 0 saturated heterocycles. The minimum atomic E-state index is -3.09. The number of amides is 1. The second kappa shape index (κ2) is 7.58. The molecule has 0 aromatic carbocycles. The van der Waals surface area contributed by atoms with E-state index in [0.717, 1.165) is 0 Å². The van der Waals surface area contributed by atoms with Gasteiger partial charge in [0.05, 0.1) is 25.4 Å². The summed E-state index contributed by atoms with van der Waals surface area (Å²) >= 11 is 0. The smallest absolute Gasteiger partial charge is 0.407 e. The molecule has 1 rings (SSSR count). The van der Waals surface area contributed by atoms with Crippen molar-refractivity contribution >= 4 is 6.09 Å². The number of nitrogens with one attached hydrogen (secondary N) is 2. The van der Waals surface area contributed by atoms with Crippen LogP contribution < -0.4 is 10.6 Å². The molecule has 1 atom stereocenters. The third kappa shape index (κ3) is 6.89. The van der Waals surface area contributed by atoms with Gasteiger partial charge in [-0.3, -0.25) is 0 Å². The van der Waals surface area contributed by atoms with Gasteiger partial charge in [0.15, 0.2) is 0 Å². The second-order valence-corrected chi connectivity index (χ2v) is 6.07. The van der Waals surface area contributed by atoms with E-state index >= 15 is 0 Å². The molecule has 1 unspecified atom stereocenters. The molecule has 0 aliphatic heterocycles. The molecule has 0 saturated carbocycles. The molecule has 0 aliphatic rings. The predicted octanol–water partition coefficient (Wildman–Crippen LogP) is 3.48. The second-order valence-electron chi connectivity index (χ2n) is 6.07. The van der Waals surface area contributed by atoms with Gasteiger partial charge in [0.2, 0.25) is 0 Å². The van der Waals surface area contributed by atoms with Crippen molar-refractivity contribution in [3.05, 3.63) is 24.2 Å². The van der Waals surface area contributed by atoms with Crippen LogP contribution in [0.5, 0.6) is 0 Å². The first-order valence-electron chi connectivity index (χ1n) is 7.24. The van der Waals surface area contributed by atoms with Gasteiger partial charge >= 0.3 is 6.09 Å². The molecule has 1 aromatic heterocycles. The summed E-state index contributed by atoms with van der Waals surface area (Å²) in [5.74, 6) is -2.48. The summed E-state index contributed by atoms with van der Waals surface area (Å²) in [5.41, 5.74) is -0.718. The lowest BCUT2D eigenvalue weighted by Crippen LogP contribution is -2.45. The Labute approximate surface area is 129 Å². The number of alkyl halides is 2. The Balaban J connectivity index is 2.41. The first kappa shape index (κ1) is 18.4. The van der Waals surface area contributed by atoms with E-state index in [9.17, 15) is 13.6 Å². The third-order valence-electron chi connectivity index (χ3n) is 2.79. The van der Waals surface area contributed by atoms with Crippen molar-refractivity contribution in [2.75, 3.05) is 13.1 Å². The minimum Gasteiger partial charge on any atom is -0.468 e. The lowest BCUT2D eigenvalue weighted by atomic mass is 10.1. The fraction of sp³-hybridized carbons (Fsp3) is 0.667. The normalized spacial score (nSPS) is 13.7. The fourth-order valence-electron chi connectivity index (χ4n) is 1.79. The Hall–Kier alpha value is -1.63. The zero-order valence-corrected chi connectivity index (χ0v) is 13.4. The Morgan fingerprint density at radius 3 is 2.55 bits per heavy atom. The molecule has 126 valence electrons. The molecular weight excluding hydrogens is 294 g/mol. The molecule has 1 heterocycles. The summed E-state index contributed by atoms with van der Waals surface area (Å²) in [6.07, 6.45) is 1.26. The predicted molar refractivity (Wildman–Crippen MR) is 78.9 cm³/mol. The summed E-state index contributed by atoms with van der Waals surface area (Å²) in [6.45, 7) is 5.52. The summed E-state index contributed by atoms with van der Waals surface area (Å²) in [7, 11) is 0. The highest BCUT2D eigenvalue weighted by atomic mass is 19.3. The van der Waals surface area contributed by atoms with Gasteiger partial charge in [-0.1, -0.05) is 6.92 Å². The van der Waals surface area contributed by atoms with E-state index in [1.807, 2.05) is 6.92 Å². The molecule has 7 heteroatoms. The van der Waals surface area contributed by atoms with Crippen LogP contribution in [0, 0.1) is 0 Å². The maximum absolute atomic E-state index is 13.8. The van der Waals surface area contributed by atoms with Crippen LogP contribution in [0.1, 0.15) is 45.9 Å². The molecule has 22 heavy (non-hydrogen) atoms. The Kier molecular flexibility index (Phi) is 6.34. The number of carbonyl (C=O) groups excluding carboxylic acids is 1. The quantitative estimate of drug-likeness (QED) is 0.808. The van der Waals surface area contributed by atoms with Crippen LogP contribution in [0.4, 0.5) is 13.6 Å². The van der Waals surface area contributed by atoms with Gasteiger partial charge in [-0.2, -0.15) is 0 Å². The Bertz CT molecular complexity index is 456. The van der Waals surface area contributed by atoms with Crippen molar-refractivity contribution in [1.29, 1.82) is 0 Å². The van der Waals surface area contributed by atoms with Crippen LogP contribution in [0.15, 0.2) is 22.8 Å². The molecule has 0 bridgehead atoms. The first-order valence-corrected chi connectivity index (χ1v) is 7.24. The van der Waals surface area contributed by atoms with Crippen molar-refractivity contribution in [2.45, 2.75) is 51.7 Å². The van der Waals surface area contributed by atoms with E-state index in [1.165, 1.54) is 6.26 Å². The van der Waals surface area contributed by atoms with Gasteiger partial charge in [-0.15, -0.1) is 0 Å². The van der Waals surface area contributed by atoms with Crippen LogP contribution in [0.3, 0.4) is 0 Å². The van der Waals surface area contributed by atoms with E-state index in [4.69, 9.17) is 9.15 Å². The summed E-state index contributed by atoms with van der Waals surface area (Å²) in [5, 5.41) is 4.83. The molecule has 1 aromatic rings. The molecule has 0 radical (unpaired) electrons. The molecule has 1 amide bonds. The van der Waals surface area contributed by atoms with Crippen molar-refractivity contribution in [3.63, 3.8) is 0 Å². The van der Waals surface area contributed by atoms with E-state index in [1.54, 1.807) is 32.9 Å². The van der Waals surface area contributed by atoms with Gasteiger partial charge in [-0.25, -0.2) is 13.6 Å².